The van der Waals surface area contributed by atoms with Crippen LogP contribution < -0.4 is 4.90 Å². The van der Waals surface area contributed by atoms with Crippen LogP contribution in [0.15, 0.2) is 91.0 Å². The molecule has 0 saturated heterocycles. The first-order chi connectivity index (χ1) is 16.9. The Bertz CT molecular complexity index is 1410. The molecular weight excluding hydrogens is 398 g/mol. The van der Waals surface area contributed by atoms with Crippen LogP contribution in [0.5, 0.6) is 0 Å². The van der Waals surface area contributed by atoms with Crippen LogP contribution in [0.4, 0.5) is 11.4 Å². The monoisotopic (exact) mass is 434 g/mol. The van der Waals surface area contributed by atoms with Gasteiger partial charge in [-0.1, -0.05) is 92.7 Å². The Kier molecular flexibility index (Phi) is 4.19. The fourth-order valence-corrected chi connectivity index (χ4v) is 5.29. The fourth-order valence-electron chi connectivity index (χ4n) is 5.29. The highest BCUT2D eigenvalue weighted by atomic mass is 15.2. The van der Waals surface area contributed by atoms with Crippen molar-refractivity contribution < 1.29 is 4.11 Å². The van der Waals surface area contributed by atoms with E-state index < -0.39 is 6.85 Å². The van der Waals surface area contributed by atoms with E-state index in [1.165, 1.54) is 11.1 Å². The topological polar surface area (TPSA) is 3.24 Å². The Morgan fingerprint density at radius 2 is 1.33 bits per heavy atom. The summed E-state index contributed by atoms with van der Waals surface area (Å²) >= 11 is 0. The SMILES string of the molecule is [2H]C([2H])([2H])c1ccc2c(c1N(c1ccc(-c3ccccc3)cc1)C(C)(C)C)-c1ccccc1C2(C)C. The van der Waals surface area contributed by atoms with Gasteiger partial charge in [-0.15, -0.1) is 0 Å². The van der Waals surface area contributed by atoms with Crippen molar-refractivity contribution in [2.24, 2.45) is 0 Å². The van der Waals surface area contributed by atoms with E-state index in [2.05, 4.69) is 94.1 Å². The highest BCUT2D eigenvalue weighted by Crippen LogP contribution is 2.54. The van der Waals surface area contributed by atoms with Crippen molar-refractivity contribution in [3.05, 3.63) is 108 Å². The standard InChI is InChI=1S/C32H33N/c1-22-16-21-28-29(26-14-10-11-15-27(26)32(28,5)6)30(22)33(31(2,3)4)25-19-17-24(18-20-25)23-12-8-7-9-13-23/h7-21H,1-6H3/i1D3. The van der Waals surface area contributed by atoms with Crippen LogP contribution in [-0.4, -0.2) is 5.54 Å². The number of hydrogen-bond donors (Lipinski definition) is 0. The summed E-state index contributed by atoms with van der Waals surface area (Å²) in [7, 11) is 0. The van der Waals surface area contributed by atoms with Crippen LogP contribution in [-0.2, 0) is 5.41 Å². The minimum Gasteiger partial charge on any atom is -0.335 e. The molecule has 0 saturated carbocycles. The molecule has 0 spiro atoms. The second-order valence-corrected chi connectivity index (χ2v) is 10.5. The second-order valence-electron chi connectivity index (χ2n) is 10.5. The average molecular weight is 435 g/mol. The molecule has 0 amide bonds. The summed E-state index contributed by atoms with van der Waals surface area (Å²) in [6.07, 6.45) is 0. The number of anilines is 2. The van der Waals surface area contributed by atoms with Crippen molar-refractivity contribution in [1.82, 2.24) is 0 Å². The zero-order valence-corrected chi connectivity index (χ0v) is 20.1. The van der Waals surface area contributed by atoms with Crippen molar-refractivity contribution >= 4 is 11.4 Å². The first kappa shape index (κ1) is 18.1. The molecule has 0 N–H and O–H groups in total. The normalized spacial score (nSPS) is 15.7. The van der Waals surface area contributed by atoms with Gasteiger partial charge in [0.05, 0.1) is 5.69 Å². The lowest BCUT2D eigenvalue weighted by Gasteiger charge is -2.40. The minimum absolute atomic E-state index is 0.214. The molecule has 4 aromatic rings. The van der Waals surface area contributed by atoms with Crippen molar-refractivity contribution in [3.8, 4) is 22.3 Å². The molecule has 0 aliphatic heterocycles. The molecule has 0 bridgehead atoms. The molecule has 4 aromatic carbocycles. The highest BCUT2D eigenvalue weighted by molar-refractivity contribution is 5.94. The summed E-state index contributed by atoms with van der Waals surface area (Å²) in [5.41, 5.74) is 8.41. The second kappa shape index (κ2) is 7.63. The number of nitrogens with zero attached hydrogens (tertiary/aromatic N) is 1. The van der Waals surface area contributed by atoms with E-state index in [4.69, 9.17) is 4.11 Å². The van der Waals surface area contributed by atoms with Gasteiger partial charge >= 0.3 is 0 Å². The summed E-state index contributed by atoms with van der Waals surface area (Å²) < 4.78 is 25.4. The molecular formula is C32H33N. The van der Waals surface area contributed by atoms with Gasteiger partial charge in [-0.05, 0) is 73.1 Å². The molecule has 0 atom stereocenters. The summed E-state index contributed by atoms with van der Waals surface area (Å²) in [5.74, 6) is 0. The van der Waals surface area contributed by atoms with Crippen molar-refractivity contribution in [1.29, 1.82) is 0 Å². The van der Waals surface area contributed by atoms with Crippen LogP contribution in [0, 0.1) is 6.85 Å². The fraction of sp³-hybridized carbons (Fsp3) is 0.250. The van der Waals surface area contributed by atoms with Crippen LogP contribution in [0.2, 0.25) is 0 Å². The van der Waals surface area contributed by atoms with Gasteiger partial charge in [0.2, 0.25) is 0 Å². The van der Waals surface area contributed by atoms with Gasteiger partial charge < -0.3 is 4.90 Å². The largest absolute Gasteiger partial charge is 0.335 e. The number of rotatable bonds is 3. The van der Waals surface area contributed by atoms with E-state index in [0.717, 1.165) is 33.6 Å². The Labute approximate surface area is 202 Å². The lowest BCUT2D eigenvalue weighted by Crippen LogP contribution is -2.38. The molecule has 0 fully saturated rings. The third kappa shape index (κ3) is 3.47. The van der Waals surface area contributed by atoms with Gasteiger partial charge in [-0.2, -0.15) is 0 Å². The van der Waals surface area contributed by atoms with E-state index in [1.54, 1.807) is 0 Å². The molecule has 0 aromatic heterocycles. The molecule has 1 nitrogen and oxygen atoms in total. The molecule has 0 heterocycles. The summed E-state index contributed by atoms with van der Waals surface area (Å²) in [6.45, 7) is 8.64. The summed E-state index contributed by atoms with van der Waals surface area (Å²) in [4.78, 5) is 2.22. The molecule has 5 rings (SSSR count). The maximum absolute atomic E-state index is 8.47. The van der Waals surface area contributed by atoms with Crippen LogP contribution in [0.3, 0.4) is 0 Å². The van der Waals surface area contributed by atoms with E-state index in [1.807, 2.05) is 36.4 Å². The zero-order valence-electron chi connectivity index (χ0n) is 23.1. The third-order valence-electron chi connectivity index (χ3n) is 6.85. The molecule has 0 radical (unpaired) electrons. The number of benzene rings is 4. The summed E-state index contributed by atoms with van der Waals surface area (Å²) in [5, 5.41) is 0. The highest BCUT2D eigenvalue weighted by Gasteiger charge is 2.39. The average Bonchev–Trinajstić information content (AvgIpc) is 3.06. The van der Waals surface area contributed by atoms with Crippen LogP contribution in [0.1, 0.15) is 55.4 Å². The van der Waals surface area contributed by atoms with Gasteiger partial charge in [0.15, 0.2) is 0 Å². The van der Waals surface area contributed by atoms with Crippen LogP contribution in [0.25, 0.3) is 22.3 Å². The first-order valence-corrected chi connectivity index (χ1v) is 11.6. The van der Waals surface area contributed by atoms with Crippen molar-refractivity contribution in [2.45, 2.75) is 52.4 Å². The maximum Gasteiger partial charge on any atom is 0.0528 e. The molecule has 33 heavy (non-hydrogen) atoms. The van der Waals surface area contributed by atoms with Gasteiger partial charge in [-0.3, -0.25) is 0 Å². The predicted molar refractivity (Wildman–Crippen MR) is 143 cm³/mol. The van der Waals surface area contributed by atoms with E-state index in [0.29, 0.717) is 5.56 Å². The van der Waals surface area contributed by atoms with Crippen molar-refractivity contribution in [3.63, 3.8) is 0 Å². The molecule has 1 aliphatic carbocycles. The first-order valence-electron chi connectivity index (χ1n) is 13.1. The van der Waals surface area contributed by atoms with Gasteiger partial charge in [0.1, 0.15) is 0 Å². The lowest BCUT2D eigenvalue weighted by atomic mass is 9.82. The van der Waals surface area contributed by atoms with Gasteiger partial charge in [0.25, 0.3) is 0 Å². The molecule has 166 valence electrons. The Morgan fingerprint density at radius 1 is 0.697 bits per heavy atom. The third-order valence-corrected chi connectivity index (χ3v) is 6.85. The Morgan fingerprint density at radius 3 is 2.00 bits per heavy atom. The minimum atomic E-state index is -2.25. The van der Waals surface area contributed by atoms with E-state index in [-0.39, 0.29) is 11.0 Å². The van der Waals surface area contributed by atoms with Crippen LogP contribution >= 0.6 is 0 Å². The van der Waals surface area contributed by atoms with E-state index >= 15 is 0 Å². The number of aryl methyl sites for hydroxylation is 1. The van der Waals surface area contributed by atoms with Gasteiger partial charge in [-0.25, -0.2) is 0 Å². The molecule has 1 aliphatic rings. The Balaban J connectivity index is 1.79. The van der Waals surface area contributed by atoms with Gasteiger partial charge in [0, 0.05) is 26.3 Å². The number of hydrogen-bond acceptors (Lipinski definition) is 1. The molecule has 1 heteroatoms. The Hall–Kier alpha value is -3.32. The predicted octanol–water partition coefficient (Wildman–Crippen LogP) is 8.90. The summed E-state index contributed by atoms with van der Waals surface area (Å²) in [6, 6.07) is 31.1. The lowest BCUT2D eigenvalue weighted by molar-refractivity contribution is 0.559. The smallest absolute Gasteiger partial charge is 0.0528 e. The van der Waals surface area contributed by atoms with E-state index in [9.17, 15) is 0 Å². The zero-order chi connectivity index (χ0) is 25.9. The number of fused-ring (bicyclic) bond motifs is 3. The van der Waals surface area contributed by atoms with Crippen molar-refractivity contribution in [2.75, 3.05) is 4.90 Å². The quantitative estimate of drug-likeness (QED) is 0.311. The maximum atomic E-state index is 8.47. The molecule has 0 unspecified atom stereocenters.